The van der Waals surface area contributed by atoms with Crippen molar-refractivity contribution in [3.05, 3.63) is 70.0 Å². The van der Waals surface area contributed by atoms with Gasteiger partial charge in [0.2, 0.25) is 0 Å². The minimum absolute atomic E-state index is 0.0816. The quantitative estimate of drug-likeness (QED) is 0.841. The van der Waals surface area contributed by atoms with E-state index in [0.717, 1.165) is 17.2 Å². The molecule has 0 radical (unpaired) electrons. The van der Waals surface area contributed by atoms with E-state index in [2.05, 4.69) is 5.32 Å². The van der Waals surface area contributed by atoms with Gasteiger partial charge in [-0.3, -0.25) is 4.79 Å². The Bertz CT molecular complexity index is 802. The number of halogens is 1. The molecule has 0 unspecified atom stereocenters. The number of carbonyl (C=O) groups is 2. The molecule has 0 aliphatic rings. The second-order valence-electron chi connectivity index (χ2n) is 6.17. The Morgan fingerprint density at radius 2 is 1.72 bits per heavy atom. The molecule has 0 bridgehead atoms. The Morgan fingerprint density at radius 1 is 1.04 bits per heavy atom. The zero-order valence-corrected chi connectivity index (χ0v) is 14.9. The minimum atomic E-state index is -0.729. The molecule has 5 heteroatoms. The van der Waals surface area contributed by atoms with Gasteiger partial charge in [-0.05, 0) is 62.1 Å². The summed E-state index contributed by atoms with van der Waals surface area (Å²) >= 11 is 0. The molecule has 132 valence electrons. The van der Waals surface area contributed by atoms with Crippen LogP contribution in [0.2, 0.25) is 0 Å². The Hall–Kier alpha value is -2.69. The lowest BCUT2D eigenvalue weighted by Gasteiger charge is -2.16. The van der Waals surface area contributed by atoms with E-state index < -0.39 is 24.3 Å². The SMILES string of the molecule is Cc1ccc([C@@H](C)NC(=O)COC(=O)c2ccc(C)c(F)c2)cc1C. The first-order valence-electron chi connectivity index (χ1n) is 8.07. The monoisotopic (exact) mass is 343 g/mol. The summed E-state index contributed by atoms with van der Waals surface area (Å²) in [7, 11) is 0. The van der Waals surface area contributed by atoms with Gasteiger partial charge in [0.05, 0.1) is 11.6 Å². The summed E-state index contributed by atoms with van der Waals surface area (Å²) in [5.41, 5.74) is 3.82. The summed E-state index contributed by atoms with van der Waals surface area (Å²) in [4.78, 5) is 23.9. The van der Waals surface area contributed by atoms with E-state index in [9.17, 15) is 14.0 Å². The van der Waals surface area contributed by atoms with Crippen LogP contribution in [0.5, 0.6) is 0 Å². The van der Waals surface area contributed by atoms with Crippen LogP contribution >= 0.6 is 0 Å². The molecule has 4 nitrogen and oxygen atoms in total. The van der Waals surface area contributed by atoms with Gasteiger partial charge in [0.1, 0.15) is 5.82 Å². The van der Waals surface area contributed by atoms with Crippen LogP contribution in [-0.4, -0.2) is 18.5 Å². The highest BCUT2D eigenvalue weighted by Gasteiger charge is 2.14. The van der Waals surface area contributed by atoms with Crippen LogP contribution in [0.3, 0.4) is 0 Å². The van der Waals surface area contributed by atoms with E-state index in [1.165, 1.54) is 17.7 Å². The van der Waals surface area contributed by atoms with E-state index in [1.807, 2.05) is 39.0 Å². The van der Waals surface area contributed by atoms with Crippen molar-refractivity contribution >= 4 is 11.9 Å². The molecule has 0 saturated carbocycles. The highest BCUT2D eigenvalue weighted by atomic mass is 19.1. The van der Waals surface area contributed by atoms with Crippen molar-refractivity contribution in [2.75, 3.05) is 6.61 Å². The molecular weight excluding hydrogens is 321 g/mol. The zero-order chi connectivity index (χ0) is 18.6. The molecule has 0 saturated heterocycles. The zero-order valence-electron chi connectivity index (χ0n) is 14.9. The average molecular weight is 343 g/mol. The first-order valence-corrected chi connectivity index (χ1v) is 8.07. The second-order valence-corrected chi connectivity index (χ2v) is 6.17. The van der Waals surface area contributed by atoms with Crippen LogP contribution in [0.15, 0.2) is 36.4 Å². The van der Waals surface area contributed by atoms with Crippen LogP contribution in [0.4, 0.5) is 4.39 Å². The molecular formula is C20H22FNO3. The lowest BCUT2D eigenvalue weighted by molar-refractivity contribution is -0.124. The third-order valence-corrected chi connectivity index (χ3v) is 4.15. The molecule has 1 atom stereocenters. The van der Waals surface area contributed by atoms with Gasteiger partial charge >= 0.3 is 5.97 Å². The third kappa shape index (κ3) is 4.89. The first kappa shape index (κ1) is 18.6. The third-order valence-electron chi connectivity index (χ3n) is 4.15. The van der Waals surface area contributed by atoms with E-state index >= 15 is 0 Å². The lowest BCUT2D eigenvalue weighted by atomic mass is 10.0. The van der Waals surface area contributed by atoms with Crippen LogP contribution in [0.25, 0.3) is 0 Å². The molecule has 0 spiro atoms. The van der Waals surface area contributed by atoms with Gasteiger partial charge in [-0.15, -0.1) is 0 Å². The number of benzene rings is 2. The van der Waals surface area contributed by atoms with Crippen molar-refractivity contribution in [2.45, 2.75) is 33.7 Å². The van der Waals surface area contributed by atoms with Crippen LogP contribution < -0.4 is 5.32 Å². The summed E-state index contributed by atoms with van der Waals surface area (Å²) in [5.74, 6) is -1.62. The number of carbonyl (C=O) groups excluding carboxylic acids is 2. The fourth-order valence-corrected chi connectivity index (χ4v) is 2.33. The topological polar surface area (TPSA) is 55.4 Å². The first-order chi connectivity index (χ1) is 11.8. The largest absolute Gasteiger partial charge is 0.452 e. The molecule has 2 aromatic carbocycles. The van der Waals surface area contributed by atoms with Crippen LogP contribution in [-0.2, 0) is 9.53 Å². The summed E-state index contributed by atoms with van der Waals surface area (Å²) in [6, 6.07) is 9.83. The van der Waals surface area contributed by atoms with Gasteiger partial charge in [0, 0.05) is 0 Å². The number of ether oxygens (including phenoxy) is 1. The van der Waals surface area contributed by atoms with E-state index in [-0.39, 0.29) is 11.6 Å². The molecule has 1 amide bonds. The van der Waals surface area contributed by atoms with E-state index in [0.29, 0.717) is 5.56 Å². The highest BCUT2D eigenvalue weighted by molar-refractivity contribution is 5.91. The molecule has 0 aliphatic heterocycles. The normalized spacial score (nSPS) is 11.7. The Morgan fingerprint density at radius 3 is 2.36 bits per heavy atom. The van der Waals surface area contributed by atoms with Crippen molar-refractivity contribution in [2.24, 2.45) is 0 Å². The van der Waals surface area contributed by atoms with Crippen LogP contribution in [0.1, 0.15) is 45.6 Å². The average Bonchev–Trinajstić information content (AvgIpc) is 2.57. The van der Waals surface area contributed by atoms with Crippen molar-refractivity contribution < 1.29 is 18.7 Å². The smallest absolute Gasteiger partial charge is 0.338 e. The van der Waals surface area contributed by atoms with Gasteiger partial charge in [-0.1, -0.05) is 24.3 Å². The number of aryl methyl sites for hydroxylation is 3. The standard InChI is InChI=1S/C20H22FNO3/c1-12-5-7-16(9-14(12)3)15(4)22-19(23)11-25-20(24)17-8-6-13(2)18(21)10-17/h5-10,15H,11H2,1-4H3,(H,22,23)/t15-/m1/s1. The molecule has 25 heavy (non-hydrogen) atoms. The summed E-state index contributed by atoms with van der Waals surface area (Å²) in [5, 5.41) is 2.78. The number of rotatable bonds is 5. The molecule has 2 rings (SSSR count). The molecule has 2 aromatic rings. The van der Waals surface area contributed by atoms with Gasteiger partial charge in [0.25, 0.3) is 5.91 Å². The van der Waals surface area contributed by atoms with Gasteiger partial charge in [-0.2, -0.15) is 0 Å². The predicted molar refractivity (Wildman–Crippen MR) is 93.9 cm³/mol. The van der Waals surface area contributed by atoms with Crippen molar-refractivity contribution in [3.63, 3.8) is 0 Å². The molecule has 0 aliphatic carbocycles. The molecule has 0 aromatic heterocycles. The van der Waals surface area contributed by atoms with Crippen molar-refractivity contribution in [1.82, 2.24) is 5.32 Å². The Kier molecular flexibility index (Phi) is 5.91. The van der Waals surface area contributed by atoms with Gasteiger partial charge in [-0.25, -0.2) is 9.18 Å². The summed E-state index contributed by atoms with van der Waals surface area (Å²) < 4.78 is 18.4. The molecule has 0 fully saturated rings. The van der Waals surface area contributed by atoms with Crippen molar-refractivity contribution in [3.8, 4) is 0 Å². The molecule has 1 N–H and O–H groups in total. The number of hydrogen-bond acceptors (Lipinski definition) is 3. The van der Waals surface area contributed by atoms with Crippen molar-refractivity contribution in [1.29, 1.82) is 0 Å². The lowest BCUT2D eigenvalue weighted by Crippen LogP contribution is -2.31. The van der Waals surface area contributed by atoms with E-state index in [1.54, 1.807) is 6.92 Å². The van der Waals surface area contributed by atoms with E-state index in [4.69, 9.17) is 4.74 Å². The second kappa shape index (κ2) is 7.92. The fourth-order valence-electron chi connectivity index (χ4n) is 2.33. The maximum Gasteiger partial charge on any atom is 0.338 e. The Balaban J connectivity index is 1.90. The fraction of sp³-hybridized carbons (Fsp3) is 0.300. The van der Waals surface area contributed by atoms with Gasteiger partial charge < -0.3 is 10.1 Å². The minimum Gasteiger partial charge on any atom is -0.452 e. The molecule has 0 heterocycles. The number of esters is 1. The Labute approximate surface area is 147 Å². The number of amides is 1. The van der Waals surface area contributed by atoms with Crippen LogP contribution in [0, 0.1) is 26.6 Å². The highest BCUT2D eigenvalue weighted by Crippen LogP contribution is 2.16. The predicted octanol–water partition coefficient (Wildman–Crippen LogP) is 3.79. The summed E-state index contributed by atoms with van der Waals surface area (Å²) in [6.07, 6.45) is 0. The maximum absolute atomic E-state index is 13.5. The maximum atomic E-state index is 13.5. The van der Waals surface area contributed by atoms with Gasteiger partial charge in [0.15, 0.2) is 6.61 Å². The number of hydrogen-bond donors (Lipinski definition) is 1. The number of nitrogens with one attached hydrogen (secondary N) is 1. The summed E-state index contributed by atoms with van der Waals surface area (Å²) in [6.45, 7) is 7.08.